The molecule has 654 valence electrons. The molecule has 0 saturated carbocycles. The van der Waals surface area contributed by atoms with Crippen molar-refractivity contribution in [1.29, 1.82) is 5.41 Å². The van der Waals surface area contributed by atoms with Gasteiger partial charge in [0.25, 0.3) is 0 Å². The third-order valence-corrected chi connectivity index (χ3v) is 21.6. The topological polar surface area (TPSA) is 643 Å². The zero-order chi connectivity index (χ0) is 88.3. The molecule has 0 aliphatic carbocycles. The minimum Gasteiger partial charge on any atom is -0.506 e. The van der Waals surface area contributed by atoms with Gasteiger partial charge in [0.2, 0.25) is 82.7 Å². The number of fused-ring (bicyclic) bond motifs is 1. The standard InChI is InChI=1S/C77H107I2N21O19S/c1-40(2)63(65(81)108)99-75(118)60-20-13-26-100(60)76(119)53(18-10-11-24-80)90-61(104)36-87-66(109)56(32-44-34-86-49-17-9-8-16-46(44)49)96-67(110)50(19-12-25-85-77(82)83)91-70(113)54(30-42-14-6-5-7-15-42)94-72(115)57(33-45-35-84-39-88-45)97-68(111)51(21-22-62(105)106)92-69(112)52(23-27-120-4)93-74(117)59(38-102)98-71(114)55(95-73(116)58(37-101)89-41(3)103)31-43-28-47(78)64(107)48(79)29-43/h5-9,14-17,28-29,34-35,39-40,50-60,63,86,101-102,107H,10-13,18-27,30-33,36-38,80H2,1-4H3,(H2,81,108)(H,84,88)(H,87,109)(H,89,103)(H,90,104)(H,91,113)(H,92,112)(H,93,117)(H,94,115)(H,95,116)(H,96,110)(H,97,111)(H,98,114)(H,99,118)(H,105,106)(H4,82,83,85)/t50-,51-,52-,53-,54-,55-,56-,57-,58-,59-,60-,63-/m0/s1. The number of unbranched alkanes of at least 4 members (excludes halogenated alkanes) is 1. The maximum atomic E-state index is 15.2. The maximum Gasteiger partial charge on any atom is 0.303 e. The number of carbonyl (C=O) groups is 15. The number of primary amides is 1. The van der Waals surface area contributed by atoms with Crippen molar-refractivity contribution in [2.45, 2.75) is 183 Å². The number of nitrogens with zero attached hydrogens (tertiary/aromatic N) is 2. The van der Waals surface area contributed by atoms with Crippen molar-refractivity contribution in [2.24, 2.45) is 23.1 Å². The molecule has 43 heteroatoms. The van der Waals surface area contributed by atoms with Crippen LogP contribution in [0, 0.1) is 18.5 Å². The number of likely N-dealkylation sites (tertiary alicyclic amines) is 1. The van der Waals surface area contributed by atoms with Crippen molar-refractivity contribution in [2.75, 3.05) is 51.4 Å². The first-order chi connectivity index (χ1) is 57.1. The van der Waals surface area contributed by atoms with E-state index in [4.69, 9.17) is 22.6 Å². The van der Waals surface area contributed by atoms with Gasteiger partial charge in [0, 0.05) is 81.1 Å². The fraction of sp³-hybridized carbons (Fsp3) is 0.494. The molecule has 0 unspecified atom stereocenters. The van der Waals surface area contributed by atoms with Crippen molar-refractivity contribution in [3.63, 3.8) is 0 Å². The summed E-state index contributed by atoms with van der Waals surface area (Å²) in [5.41, 5.74) is 19.3. The number of aliphatic hydroxyl groups is 2. The Balaban J connectivity index is 1.26. The number of imidazole rings is 1. The van der Waals surface area contributed by atoms with Crippen LogP contribution in [0.4, 0.5) is 0 Å². The number of nitrogens with two attached hydrogens (primary N) is 3. The first-order valence-corrected chi connectivity index (χ1v) is 42.3. The normalized spacial score (nSPS) is 15.2. The van der Waals surface area contributed by atoms with Crippen LogP contribution in [-0.4, -0.2) is 259 Å². The molecule has 1 aliphatic heterocycles. The Labute approximate surface area is 722 Å². The van der Waals surface area contributed by atoms with E-state index in [0.717, 1.165) is 6.92 Å². The third-order valence-electron chi connectivity index (χ3n) is 19.4. The van der Waals surface area contributed by atoms with Gasteiger partial charge in [-0.2, -0.15) is 11.8 Å². The molecule has 1 fully saturated rings. The second-order valence-electron chi connectivity index (χ2n) is 28.9. The Morgan fingerprint density at radius 1 is 0.600 bits per heavy atom. The van der Waals surface area contributed by atoms with Gasteiger partial charge in [0.1, 0.15) is 78.3 Å². The van der Waals surface area contributed by atoms with Gasteiger partial charge in [-0.25, -0.2) is 4.98 Å². The van der Waals surface area contributed by atoms with Crippen molar-refractivity contribution in [3.05, 3.63) is 115 Å². The molecule has 6 rings (SSSR count). The first-order valence-electron chi connectivity index (χ1n) is 38.8. The quantitative estimate of drug-likeness (QED) is 0.00784. The third kappa shape index (κ3) is 31.4. The summed E-state index contributed by atoms with van der Waals surface area (Å²) in [6.07, 6.45) is 4.62. The fourth-order valence-electron chi connectivity index (χ4n) is 13.1. The van der Waals surface area contributed by atoms with E-state index >= 15 is 14.4 Å². The molecule has 120 heavy (non-hydrogen) atoms. The number of carbonyl (C=O) groups excluding carboxylic acids is 14. The zero-order valence-electron chi connectivity index (χ0n) is 66.6. The Bertz CT molecular complexity index is 4370. The van der Waals surface area contributed by atoms with Gasteiger partial charge in [-0.3, -0.25) is 77.3 Å². The van der Waals surface area contributed by atoms with E-state index in [-0.39, 0.29) is 94.1 Å². The number of aliphatic carboxylic acids is 1. The molecule has 0 radical (unpaired) electrons. The monoisotopic (exact) mass is 1920 g/mol. The van der Waals surface area contributed by atoms with Gasteiger partial charge < -0.3 is 122 Å². The van der Waals surface area contributed by atoms with Crippen LogP contribution in [0.5, 0.6) is 5.75 Å². The molecule has 1 aliphatic rings. The van der Waals surface area contributed by atoms with E-state index in [1.807, 2.05) is 45.2 Å². The minimum atomic E-state index is -1.85. The lowest BCUT2D eigenvalue weighted by atomic mass is 10.0. The number of H-pyrrole nitrogens is 2. The highest BCUT2D eigenvalue weighted by Gasteiger charge is 2.41. The number of aliphatic hydroxyl groups excluding tert-OH is 2. The lowest BCUT2D eigenvalue weighted by Crippen LogP contribution is -2.61. The van der Waals surface area contributed by atoms with Crippen molar-refractivity contribution in [3.8, 4) is 5.75 Å². The van der Waals surface area contributed by atoms with E-state index < -0.39 is 206 Å². The number of rotatable bonds is 50. The molecule has 0 spiro atoms. The molecule has 40 nitrogen and oxygen atoms in total. The second-order valence-corrected chi connectivity index (χ2v) is 32.2. The maximum absolute atomic E-state index is 15.2. The van der Waals surface area contributed by atoms with Crippen LogP contribution in [-0.2, 0) is 97.6 Å². The molecule has 3 aromatic carbocycles. The first kappa shape index (κ1) is 98.0. The highest BCUT2D eigenvalue weighted by molar-refractivity contribution is 14.1. The molecule has 12 atom stereocenters. The summed E-state index contributed by atoms with van der Waals surface area (Å²) >= 11 is 4.93. The summed E-state index contributed by atoms with van der Waals surface area (Å²) < 4.78 is 0.744. The van der Waals surface area contributed by atoms with Crippen molar-refractivity contribution in [1.82, 2.24) is 89.0 Å². The SMILES string of the molecule is CSCC[C@H](NC(=O)[C@H](CO)NC(=O)[C@H](Cc1cc(I)c(O)c(I)c1)NC(=O)[C@H](CO)NC(C)=O)C(=O)N[C@@H](CCC(=O)O)C(=O)N[C@@H](Cc1cnc[nH]1)C(=O)N[C@@H](Cc1ccccc1)C(=O)N[C@@H](CCCNC(=N)N)C(=O)N[C@@H](Cc1c[nH]c2ccccc12)C(=O)NCC(=O)N[C@@H](CCCCN)C(=O)N1CCC[C@H]1C(=O)N[C@H](C(N)=O)C(C)C. The highest BCUT2D eigenvalue weighted by Crippen LogP contribution is 2.29. The number of guanidine groups is 1. The van der Waals surface area contributed by atoms with Gasteiger partial charge >= 0.3 is 5.97 Å². The largest absolute Gasteiger partial charge is 0.506 e. The van der Waals surface area contributed by atoms with Gasteiger partial charge in [0.15, 0.2) is 5.96 Å². The van der Waals surface area contributed by atoms with Crippen molar-refractivity contribution < 1.29 is 92.3 Å². The number of amides is 14. The summed E-state index contributed by atoms with van der Waals surface area (Å²) in [6, 6.07) is 0.463. The van der Waals surface area contributed by atoms with Gasteiger partial charge in [-0.15, -0.1) is 0 Å². The number of phenols is 1. The van der Waals surface area contributed by atoms with Crippen LogP contribution in [0.2, 0.25) is 0 Å². The van der Waals surface area contributed by atoms with Crippen molar-refractivity contribution >= 4 is 162 Å². The number of carboxylic acids is 1. The average molecular weight is 1920 g/mol. The van der Waals surface area contributed by atoms with Crippen LogP contribution in [0.25, 0.3) is 10.9 Å². The molecule has 1 saturated heterocycles. The summed E-state index contributed by atoms with van der Waals surface area (Å²) in [6.45, 7) is 2.19. The van der Waals surface area contributed by atoms with E-state index in [0.29, 0.717) is 54.0 Å². The Morgan fingerprint density at radius 2 is 1.12 bits per heavy atom. The van der Waals surface area contributed by atoms with Crippen LogP contribution >= 0.6 is 56.9 Å². The number of aromatic amines is 2. The number of aromatic nitrogens is 3. The lowest BCUT2D eigenvalue weighted by Gasteiger charge is -2.30. The number of carboxylic acid groups (broad SMARTS) is 1. The Kier molecular flexibility index (Phi) is 40.6. The van der Waals surface area contributed by atoms with E-state index in [1.165, 1.54) is 41.3 Å². The number of halogens is 2. The number of thioether (sulfide) groups is 1. The van der Waals surface area contributed by atoms with E-state index in [2.05, 4.69) is 84.1 Å². The molecule has 14 amide bonds. The number of phenolic OH excluding ortho intramolecular Hbond substituents is 1. The average Bonchev–Trinajstić information content (AvgIpc) is 1.65. The van der Waals surface area contributed by atoms with Gasteiger partial charge in [-0.05, 0) is 162 Å². The van der Waals surface area contributed by atoms with Gasteiger partial charge in [0.05, 0.1) is 33.2 Å². The summed E-state index contributed by atoms with van der Waals surface area (Å²) in [5, 5.41) is 82.7. The molecule has 0 bridgehead atoms. The van der Waals surface area contributed by atoms with Crippen LogP contribution in [0.1, 0.15) is 107 Å². The fourth-order valence-corrected chi connectivity index (χ4v) is 15.4. The molecule has 26 N–H and O–H groups in total. The van der Waals surface area contributed by atoms with E-state index in [9.17, 15) is 78.0 Å². The zero-order valence-corrected chi connectivity index (χ0v) is 71.8. The summed E-state index contributed by atoms with van der Waals surface area (Å²) in [4.78, 5) is 221. The predicted molar refractivity (Wildman–Crippen MR) is 456 cm³/mol. The number of nitrogens with one attached hydrogen (secondary N) is 16. The Hall–Kier alpha value is -10.8. The number of benzene rings is 3. The Morgan fingerprint density at radius 3 is 1.66 bits per heavy atom. The number of hydrogen-bond donors (Lipinski definition) is 23. The second kappa shape index (κ2) is 49.7. The van der Waals surface area contributed by atoms with E-state index in [1.54, 1.807) is 80.9 Å². The number of para-hydroxylation sites is 1. The van der Waals surface area contributed by atoms with Gasteiger partial charge in [-0.1, -0.05) is 62.4 Å². The highest BCUT2D eigenvalue weighted by atomic mass is 127. The van der Waals surface area contributed by atoms with Crippen LogP contribution in [0.3, 0.4) is 0 Å². The lowest BCUT2D eigenvalue weighted by molar-refractivity contribution is -0.142. The number of aromatic hydroxyl groups is 1. The van der Waals surface area contributed by atoms with Crippen LogP contribution < -0.4 is 86.3 Å². The predicted octanol–water partition coefficient (Wildman–Crippen LogP) is -3.33. The minimum absolute atomic E-state index is 0.00562. The smallest absolute Gasteiger partial charge is 0.303 e. The molecule has 5 aromatic rings. The van der Waals surface area contributed by atoms with Crippen LogP contribution in [0.15, 0.2) is 85.5 Å². The molecule has 2 aromatic heterocycles. The number of hydrogen-bond acceptors (Lipinski definition) is 22. The molecular formula is C77H107I2N21O19S. The molecular weight excluding hydrogens is 1810 g/mol. The summed E-state index contributed by atoms with van der Waals surface area (Å²) in [7, 11) is 0. The summed E-state index contributed by atoms with van der Waals surface area (Å²) in [5.74, 6) is -14.9. The molecule has 3 heterocycles.